The predicted molar refractivity (Wildman–Crippen MR) is 70.8 cm³/mol. The molecule has 0 atom stereocenters. The number of aromatic nitrogens is 2. The third kappa shape index (κ3) is 4.30. The van der Waals surface area contributed by atoms with E-state index in [1.165, 1.54) is 0 Å². The molecule has 0 amide bonds. The quantitative estimate of drug-likeness (QED) is 0.660. The number of hydrogen-bond donors (Lipinski definition) is 0. The minimum atomic E-state index is 0.0867. The summed E-state index contributed by atoms with van der Waals surface area (Å²) < 4.78 is 0. The Hall–Kier alpha value is -0.920. The molecule has 0 saturated heterocycles. The largest absolute Gasteiger partial charge is 0.155 e. The van der Waals surface area contributed by atoms with Crippen molar-refractivity contribution < 1.29 is 0 Å². The van der Waals surface area contributed by atoms with Crippen LogP contribution in [0.4, 0.5) is 0 Å². The Balaban J connectivity index is 0.00000106. The Morgan fingerprint density at radius 3 is 1.06 bits per heavy atom. The van der Waals surface area contributed by atoms with E-state index in [0.29, 0.717) is 0 Å². The first-order valence-electron chi connectivity index (χ1n) is 6.06. The molecule has 0 fully saturated rings. The Kier molecular flexibility index (Phi) is 5.11. The highest BCUT2D eigenvalue weighted by Crippen LogP contribution is 2.23. The lowest BCUT2D eigenvalue weighted by atomic mass is 9.89. The van der Waals surface area contributed by atoms with Crippen molar-refractivity contribution in [3.05, 3.63) is 23.5 Å². The second kappa shape index (κ2) is 5.42. The number of nitrogens with zero attached hydrogens (tertiary/aromatic N) is 2. The summed E-state index contributed by atoms with van der Waals surface area (Å²) in [5, 5.41) is 8.53. The first-order valence-corrected chi connectivity index (χ1v) is 6.06. The van der Waals surface area contributed by atoms with Gasteiger partial charge in [-0.1, -0.05) is 55.4 Å². The van der Waals surface area contributed by atoms with Gasteiger partial charge in [0.25, 0.3) is 0 Å². The molecule has 0 aliphatic rings. The van der Waals surface area contributed by atoms with Crippen molar-refractivity contribution in [2.75, 3.05) is 0 Å². The summed E-state index contributed by atoms with van der Waals surface area (Å²) in [6.07, 6.45) is 0. The molecule has 1 heterocycles. The highest BCUT2D eigenvalue weighted by molar-refractivity contribution is 5.18. The van der Waals surface area contributed by atoms with E-state index in [4.69, 9.17) is 0 Å². The third-order valence-electron chi connectivity index (χ3n) is 2.20. The molecule has 0 radical (unpaired) electrons. The van der Waals surface area contributed by atoms with Crippen molar-refractivity contribution in [2.24, 2.45) is 0 Å². The van der Waals surface area contributed by atoms with Crippen LogP contribution >= 0.6 is 0 Å². The Labute approximate surface area is 100 Å². The second-order valence-electron chi connectivity index (χ2n) is 5.80. The molecular weight excluding hydrogens is 196 g/mol. The van der Waals surface area contributed by atoms with Gasteiger partial charge < -0.3 is 0 Å². The molecule has 16 heavy (non-hydrogen) atoms. The van der Waals surface area contributed by atoms with E-state index in [0.717, 1.165) is 11.4 Å². The maximum Gasteiger partial charge on any atom is 0.0684 e. The molecule has 92 valence electrons. The molecule has 0 aromatic carbocycles. The van der Waals surface area contributed by atoms with Crippen molar-refractivity contribution in [2.45, 2.75) is 66.2 Å². The monoisotopic (exact) mass is 222 g/mol. The minimum absolute atomic E-state index is 0.0867. The topological polar surface area (TPSA) is 25.8 Å². The van der Waals surface area contributed by atoms with E-state index in [1.807, 2.05) is 13.8 Å². The maximum absolute atomic E-state index is 4.27. The third-order valence-corrected chi connectivity index (χ3v) is 2.20. The zero-order chi connectivity index (χ0) is 13.0. The smallest absolute Gasteiger partial charge is 0.0684 e. The van der Waals surface area contributed by atoms with E-state index in [9.17, 15) is 0 Å². The molecule has 1 rings (SSSR count). The van der Waals surface area contributed by atoms with Gasteiger partial charge in [-0.3, -0.25) is 0 Å². The molecule has 1 aromatic heterocycles. The number of rotatable bonds is 0. The van der Waals surface area contributed by atoms with Crippen molar-refractivity contribution in [3.8, 4) is 0 Å². The molecular formula is C14H26N2. The summed E-state index contributed by atoms with van der Waals surface area (Å²) in [4.78, 5) is 0. The summed E-state index contributed by atoms with van der Waals surface area (Å²) in [6.45, 7) is 16.9. The van der Waals surface area contributed by atoms with Crippen LogP contribution in [0.5, 0.6) is 0 Å². The standard InChI is InChI=1S/C12H20N2.C2H6/c1-11(2,3)9-7-8-10(14-13-9)12(4,5)6;1-2/h7-8H,1-6H3;1-2H3. The van der Waals surface area contributed by atoms with Crippen LogP contribution in [0.3, 0.4) is 0 Å². The molecule has 0 aliphatic carbocycles. The van der Waals surface area contributed by atoms with Gasteiger partial charge in [-0.25, -0.2) is 0 Å². The van der Waals surface area contributed by atoms with Gasteiger partial charge in [0.1, 0.15) is 0 Å². The fourth-order valence-electron chi connectivity index (χ4n) is 1.13. The van der Waals surface area contributed by atoms with Gasteiger partial charge in [0, 0.05) is 10.8 Å². The molecule has 2 heteroatoms. The number of hydrogen-bond acceptors (Lipinski definition) is 2. The van der Waals surface area contributed by atoms with Gasteiger partial charge in [-0.2, -0.15) is 10.2 Å². The van der Waals surface area contributed by atoms with Gasteiger partial charge in [0.05, 0.1) is 11.4 Å². The van der Waals surface area contributed by atoms with Crippen molar-refractivity contribution >= 4 is 0 Å². The summed E-state index contributed by atoms with van der Waals surface area (Å²) in [7, 11) is 0. The zero-order valence-electron chi connectivity index (χ0n) is 12.0. The van der Waals surface area contributed by atoms with E-state index >= 15 is 0 Å². The van der Waals surface area contributed by atoms with Crippen LogP contribution in [-0.2, 0) is 10.8 Å². The van der Waals surface area contributed by atoms with E-state index in [2.05, 4.69) is 63.9 Å². The van der Waals surface area contributed by atoms with E-state index in [-0.39, 0.29) is 10.8 Å². The average molecular weight is 222 g/mol. The van der Waals surface area contributed by atoms with Gasteiger partial charge in [-0.15, -0.1) is 0 Å². The Bertz CT molecular complexity index is 266. The molecule has 0 bridgehead atoms. The first-order chi connectivity index (χ1) is 7.21. The fraction of sp³-hybridized carbons (Fsp3) is 0.714. The van der Waals surface area contributed by atoms with Crippen LogP contribution in [0.25, 0.3) is 0 Å². The van der Waals surface area contributed by atoms with E-state index < -0.39 is 0 Å². The van der Waals surface area contributed by atoms with Crippen molar-refractivity contribution in [1.29, 1.82) is 0 Å². The van der Waals surface area contributed by atoms with Crippen LogP contribution in [0.15, 0.2) is 12.1 Å². The lowest BCUT2D eigenvalue weighted by Gasteiger charge is -2.20. The lowest BCUT2D eigenvalue weighted by molar-refractivity contribution is 0.527. The molecule has 0 unspecified atom stereocenters. The summed E-state index contributed by atoms with van der Waals surface area (Å²) in [6, 6.07) is 4.15. The van der Waals surface area contributed by atoms with Crippen LogP contribution < -0.4 is 0 Å². The Morgan fingerprint density at radius 2 is 0.938 bits per heavy atom. The Morgan fingerprint density at radius 1 is 0.688 bits per heavy atom. The molecule has 2 nitrogen and oxygen atoms in total. The first kappa shape index (κ1) is 15.1. The molecule has 1 aromatic rings. The van der Waals surface area contributed by atoms with Crippen molar-refractivity contribution in [3.63, 3.8) is 0 Å². The van der Waals surface area contributed by atoms with Crippen molar-refractivity contribution in [1.82, 2.24) is 10.2 Å². The SMILES string of the molecule is CC.CC(C)(C)c1ccc(C(C)(C)C)nn1. The summed E-state index contributed by atoms with van der Waals surface area (Å²) >= 11 is 0. The predicted octanol–water partition coefficient (Wildman–Crippen LogP) is 4.10. The minimum Gasteiger partial charge on any atom is -0.155 e. The van der Waals surface area contributed by atoms with Crippen LogP contribution in [0, 0.1) is 0 Å². The van der Waals surface area contributed by atoms with Gasteiger partial charge in [0.2, 0.25) is 0 Å². The maximum atomic E-state index is 4.27. The second-order valence-corrected chi connectivity index (χ2v) is 5.80. The zero-order valence-corrected chi connectivity index (χ0v) is 12.0. The van der Waals surface area contributed by atoms with Crippen LogP contribution in [-0.4, -0.2) is 10.2 Å². The van der Waals surface area contributed by atoms with Crippen LogP contribution in [0.1, 0.15) is 66.8 Å². The molecule has 0 spiro atoms. The van der Waals surface area contributed by atoms with E-state index in [1.54, 1.807) is 0 Å². The van der Waals surface area contributed by atoms with Gasteiger partial charge >= 0.3 is 0 Å². The highest BCUT2D eigenvalue weighted by atomic mass is 15.1. The lowest BCUT2D eigenvalue weighted by Crippen LogP contribution is -2.18. The summed E-state index contributed by atoms with van der Waals surface area (Å²) in [5.41, 5.74) is 2.27. The van der Waals surface area contributed by atoms with Gasteiger partial charge in [0.15, 0.2) is 0 Å². The molecule has 0 N–H and O–H groups in total. The van der Waals surface area contributed by atoms with Crippen LogP contribution in [0.2, 0.25) is 0 Å². The molecule has 0 saturated carbocycles. The fourth-order valence-corrected chi connectivity index (χ4v) is 1.13. The normalized spacial score (nSPS) is 11.8. The highest BCUT2D eigenvalue weighted by Gasteiger charge is 2.19. The molecule has 0 aliphatic heterocycles. The average Bonchev–Trinajstić information content (AvgIpc) is 2.18. The van der Waals surface area contributed by atoms with Gasteiger partial charge in [-0.05, 0) is 12.1 Å². The summed E-state index contributed by atoms with van der Waals surface area (Å²) in [5.74, 6) is 0.